The normalized spacial score (nSPS) is 12.1. The molecule has 0 aliphatic heterocycles. The Labute approximate surface area is 166 Å². The highest BCUT2D eigenvalue weighted by Crippen LogP contribution is 2.29. The maximum atomic E-state index is 12.9. The van der Waals surface area contributed by atoms with E-state index < -0.39 is 23.0 Å². The number of alkyl halides is 3. The number of nitrogens with zero attached hydrogens (tertiary/aromatic N) is 7. The highest BCUT2D eigenvalue weighted by molar-refractivity contribution is 5.75. The molecule has 156 valence electrons. The minimum Gasteiger partial charge on any atom is -0.320 e. The molecule has 0 N–H and O–H groups in total. The SMILES string of the molecule is Cn1c(=O)c2c(nc(-c3cn(Cc4cccc(C(F)(F)F)c4)nn3)n2C)n(C)c1=O. The number of aryl methyl sites for hydroxylation is 2. The van der Waals surface area contributed by atoms with Crippen LogP contribution in [0.5, 0.6) is 0 Å². The quantitative estimate of drug-likeness (QED) is 0.499. The highest BCUT2D eigenvalue weighted by atomic mass is 19.4. The minimum absolute atomic E-state index is 0.0705. The summed E-state index contributed by atoms with van der Waals surface area (Å²) >= 11 is 0. The van der Waals surface area contributed by atoms with Gasteiger partial charge in [-0.05, 0) is 17.7 Å². The van der Waals surface area contributed by atoms with E-state index in [1.807, 2.05) is 0 Å². The molecule has 9 nitrogen and oxygen atoms in total. The van der Waals surface area contributed by atoms with Gasteiger partial charge in [0.15, 0.2) is 17.0 Å². The van der Waals surface area contributed by atoms with E-state index in [1.54, 1.807) is 13.1 Å². The van der Waals surface area contributed by atoms with Crippen LogP contribution in [-0.4, -0.2) is 33.7 Å². The topological polar surface area (TPSA) is 92.5 Å². The molecule has 4 aromatic rings. The molecule has 0 fully saturated rings. The fourth-order valence-electron chi connectivity index (χ4n) is 3.26. The summed E-state index contributed by atoms with van der Waals surface area (Å²) in [5.41, 5.74) is -0.601. The molecule has 0 amide bonds. The number of imidazole rings is 1. The van der Waals surface area contributed by atoms with Crippen LogP contribution < -0.4 is 11.2 Å². The number of fused-ring (bicyclic) bond motifs is 1. The summed E-state index contributed by atoms with van der Waals surface area (Å²) in [6.07, 6.45) is -2.91. The molecular weight excluding hydrogens is 403 g/mol. The first-order valence-corrected chi connectivity index (χ1v) is 8.77. The zero-order valence-corrected chi connectivity index (χ0v) is 16.2. The molecule has 0 aliphatic carbocycles. The lowest BCUT2D eigenvalue weighted by Crippen LogP contribution is -2.37. The Morgan fingerprint density at radius 1 is 1.03 bits per heavy atom. The van der Waals surface area contributed by atoms with Gasteiger partial charge in [0.25, 0.3) is 5.56 Å². The number of halogens is 3. The van der Waals surface area contributed by atoms with Crippen molar-refractivity contribution < 1.29 is 13.2 Å². The second-order valence-electron chi connectivity index (χ2n) is 6.87. The number of hydrogen-bond acceptors (Lipinski definition) is 5. The molecule has 0 saturated carbocycles. The first kappa shape index (κ1) is 19.6. The van der Waals surface area contributed by atoms with Gasteiger partial charge in [0.2, 0.25) is 0 Å². The van der Waals surface area contributed by atoms with Crippen LogP contribution in [0.3, 0.4) is 0 Å². The van der Waals surface area contributed by atoms with Crippen molar-refractivity contribution in [3.8, 4) is 11.5 Å². The maximum Gasteiger partial charge on any atom is 0.416 e. The van der Waals surface area contributed by atoms with Gasteiger partial charge in [-0.3, -0.25) is 13.9 Å². The van der Waals surface area contributed by atoms with E-state index in [0.29, 0.717) is 17.1 Å². The summed E-state index contributed by atoms with van der Waals surface area (Å²) in [6, 6.07) is 4.94. The van der Waals surface area contributed by atoms with Gasteiger partial charge < -0.3 is 4.57 Å². The van der Waals surface area contributed by atoms with E-state index in [2.05, 4.69) is 15.3 Å². The Morgan fingerprint density at radius 2 is 1.77 bits per heavy atom. The lowest BCUT2D eigenvalue weighted by Gasteiger charge is -2.08. The van der Waals surface area contributed by atoms with Gasteiger partial charge in [0.1, 0.15) is 5.69 Å². The summed E-state index contributed by atoms with van der Waals surface area (Å²) in [5.74, 6) is 0.304. The number of hydrogen-bond donors (Lipinski definition) is 0. The number of benzene rings is 1. The van der Waals surface area contributed by atoms with Gasteiger partial charge in [-0.1, -0.05) is 17.3 Å². The second-order valence-corrected chi connectivity index (χ2v) is 6.87. The third-order valence-electron chi connectivity index (χ3n) is 4.84. The highest BCUT2D eigenvalue weighted by Gasteiger charge is 2.30. The lowest BCUT2D eigenvalue weighted by atomic mass is 10.1. The Kier molecular flexibility index (Phi) is 4.36. The Hall–Kier alpha value is -3.70. The Bertz CT molecular complexity index is 1390. The van der Waals surface area contributed by atoms with Crippen LogP contribution in [0, 0.1) is 0 Å². The van der Waals surface area contributed by atoms with Crippen molar-refractivity contribution in [3.63, 3.8) is 0 Å². The van der Waals surface area contributed by atoms with Crippen molar-refractivity contribution in [2.24, 2.45) is 21.1 Å². The van der Waals surface area contributed by atoms with Crippen molar-refractivity contribution in [1.82, 2.24) is 33.7 Å². The molecule has 0 bridgehead atoms. The van der Waals surface area contributed by atoms with Crippen LogP contribution in [0.15, 0.2) is 40.1 Å². The van der Waals surface area contributed by atoms with Gasteiger partial charge >= 0.3 is 11.9 Å². The molecule has 0 atom stereocenters. The van der Waals surface area contributed by atoms with E-state index in [4.69, 9.17) is 0 Å². The Morgan fingerprint density at radius 3 is 2.47 bits per heavy atom. The van der Waals surface area contributed by atoms with Gasteiger partial charge in [-0.25, -0.2) is 14.5 Å². The van der Waals surface area contributed by atoms with Crippen LogP contribution in [0.25, 0.3) is 22.7 Å². The molecule has 0 radical (unpaired) electrons. The molecule has 1 aromatic carbocycles. The molecular formula is C18H16F3N7O2. The fraction of sp³-hybridized carbons (Fsp3) is 0.278. The van der Waals surface area contributed by atoms with Crippen molar-refractivity contribution >= 4 is 11.2 Å². The average Bonchev–Trinajstić information content (AvgIpc) is 3.28. The average molecular weight is 419 g/mol. The van der Waals surface area contributed by atoms with E-state index >= 15 is 0 Å². The summed E-state index contributed by atoms with van der Waals surface area (Å²) in [5, 5.41) is 7.98. The summed E-state index contributed by atoms with van der Waals surface area (Å²) in [6.45, 7) is 0.0705. The van der Waals surface area contributed by atoms with E-state index in [0.717, 1.165) is 16.7 Å². The molecule has 0 aliphatic rings. The van der Waals surface area contributed by atoms with Crippen LogP contribution in [-0.2, 0) is 33.9 Å². The molecule has 4 rings (SSSR count). The second kappa shape index (κ2) is 6.68. The lowest BCUT2D eigenvalue weighted by molar-refractivity contribution is -0.137. The van der Waals surface area contributed by atoms with Gasteiger partial charge in [0.05, 0.1) is 18.3 Å². The first-order valence-electron chi connectivity index (χ1n) is 8.77. The molecule has 12 heteroatoms. The van der Waals surface area contributed by atoms with Crippen LogP contribution in [0.1, 0.15) is 11.1 Å². The zero-order chi connectivity index (χ0) is 21.8. The zero-order valence-electron chi connectivity index (χ0n) is 16.2. The molecule has 30 heavy (non-hydrogen) atoms. The van der Waals surface area contributed by atoms with Crippen LogP contribution >= 0.6 is 0 Å². The summed E-state index contributed by atoms with van der Waals surface area (Å²) in [4.78, 5) is 29.0. The molecule has 3 aromatic heterocycles. The predicted molar refractivity (Wildman–Crippen MR) is 101 cm³/mol. The van der Waals surface area contributed by atoms with Crippen molar-refractivity contribution in [2.75, 3.05) is 0 Å². The monoisotopic (exact) mass is 419 g/mol. The fourth-order valence-corrected chi connectivity index (χ4v) is 3.26. The smallest absolute Gasteiger partial charge is 0.320 e. The standard InChI is InChI=1S/C18H16F3N7O2/c1-25-13-15(26(2)17(30)27(3)16(13)29)22-14(25)12-9-28(24-23-12)8-10-5-4-6-11(7-10)18(19,20)21/h4-7,9H,8H2,1-3H3. The van der Waals surface area contributed by atoms with E-state index in [9.17, 15) is 22.8 Å². The first-order chi connectivity index (χ1) is 14.1. The molecule has 0 saturated heterocycles. The number of rotatable bonds is 3. The van der Waals surface area contributed by atoms with Gasteiger partial charge in [-0.15, -0.1) is 5.10 Å². The third kappa shape index (κ3) is 3.09. The summed E-state index contributed by atoms with van der Waals surface area (Å²) in [7, 11) is 4.50. The van der Waals surface area contributed by atoms with Crippen molar-refractivity contribution in [3.05, 3.63) is 62.4 Å². The van der Waals surface area contributed by atoms with Gasteiger partial charge in [0, 0.05) is 21.1 Å². The number of aromatic nitrogens is 7. The van der Waals surface area contributed by atoms with Crippen LogP contribution in [0.4, 0.5) is 13.2 Å². The largest absolute Gasteiger partial charge is 0.416 e. The Balaban J connectivity index is 1.73. The van der Waals surface area contributed by atoms with Crippen LogP contribution in [0.2, 0.25) is 0 Å². The predicted octanol–water partition coefficient (Wildman–Crippen LogP) is 1.30. The molecule has 3 heterocycles. The van der Waals surface area contributed by atoms with Crippen molar-refractivity contribution in [2.45, 2.75) is 12.7 Å². The third-order valence-corrected chi connectivity index (χ3v) is 4.84. The van der Waals surface area contributed by atoms with E-state index in [-0.39, 0.29) is 17.7 Å². The summed E-state index contributed by atoms with van der Waals surface area (Å²) < 4.78 is 43.8. The van der Waals surface area contributed by atoms with E-state index in [1.165, 1.54) is 40.2 Å². The maximum absolute atomic E-state index is 12.9. The van der Waals surface area contributed by atoms with Gasteiger partial charge in [-0.2, -0.15) is 13.2 Å². The minimum atomic E-state index is -4.43. The molecule has 0 spiro atoms. The van der Waals surface area contributed by atoms with Crippen molar-refractivity contribution in [1.29, 1.82) is 0 Å². The molecule has 0 unspecified atom stereocenters.